The van der Waals surface area contributed by atoms with Crippen molar-refractivity contribution in [3.8, 4) is 0 Å². The van der Waals surface area contributed by atoms with Crippen molar-refractivity contribution < 1.29 is 0 Å². The van der Waals surface area contributed by atoms with Crippen LogP contribution in [0.3, 0.4) is 0 Å². The van der Waals surface area contributed by atoms with Crippen LogP contribution in [0.4, 0.5) is 0 Å². The summed E-state index contributed by atoms with van der Waals surface area (Å²) in [6, 6.07) is 8.52. The zero-order valence-electron chi connectivity index (χ0n) is 11.9. The van der Waals surface area contributed by atoms with E-state index in [-0.39, 0.29) is 0 Å². The van der Waals surface area contributed by atoms with Gasteiger partial charge in [0.2, 0.25) is 0 Å². The molecule has 0 bridgehead atoms. The highest BCUT2D eigenvalue weighted by Crippen LogP contribution is 2.40. The second-order valence-corrected chi connectivity index (χ2v) is 6.66. The molecule has 2 nitrogen and oxygen atoms in total. The molecule has 3 aliphatic rings. The maximum Gasteiger partial charge on any atom is 0.0366 e. The van der Waals surface area contributed by atoms with Crippen molar-refractivity contribution in [1.29, 1.82) is 0 Å². The predicted molar refractivity (Wildman–Crippen MR) is 78.3 cm³/mol. The molecule has 3 aliphatic heterocycles. The number of piperidine rings is 2. The fourth-order valence-corrected chi connectivity index (χ4v) is 4.42. The molecular formula is C17H24N2. The molecule has 1 aromatic rings. The number of hydrogen-bond acceptors (Lipinski definition) is 2. The lowest BCUT2D eigenvalue weighted by molar-refractivity contribution is 0.0552. The largest absolute Gasteiger partial charge is 0.314 e. The van der Waals surface area contributed by atoms with Gasteiger partial charge in [-0.15, -0.1) is 0 Å². The van der Waals surface area contributed by atoms with Crippen molar-refractivity contribution in [1.82, 2.24) is 10.2 Å². The van der Waals surface area contributed by atoms with Gasteiger partial charge in [-0.1, -0.05) is 23.8 Å². The van der Waals surface area contributed by atoms with Crippen molar-refractivity contribution in [2.45, 2.75) is 44.7 Å². The van der Waals surface area contributed by atoms with Gasteiger partial charge in [0.25, 0.3) is 0 Å². The quantitative estimate of drug-likeness (QED) is 0.768. The van der Waals surface area contributed by atoms with Gasteiger partial charge in [-0.3, -0.25) is 4.90 Å². The summed E-state index contributed by atoms with van der Waals surface area (Å²) in [7, 11) is 0. The number of aryl methyl sites for hydroxylation is 1. The Balaban J connectivity index is 1.66. The van der Waals surface area contributed by atoms with E-state index in [0.29, 0.717) is 6.04 Å². The average Bonchev–Trinajstić information content (AvgIpc) is 2.45. The highest BCUT2D eigenvalue weighted by molar-refractivity contribution is 5.36. The van der Waals surface area contributed by atoms with Crippen molar-refractivity contribution in [2.24, 2.45) is 5.92 Å². The molecule has 19 heavy (non-hydrogen) atoms. The van der Waals surface area contributed by atoms with Crippen LogP contribution < -0.4 is 5.32 Å². The maximum absolute atomic E-state index is 3.77. The first-order valence-electron chi connectivity index (χ1n) is 7.88. The molecule has 0 amide bonds. The Bertz CT molecular complexity index is 482. The molecular weight excluding hydrogens is 232 g/mol. The summed E-state index contributed by atoms with van der Waals surface area (Å²) in [5.74, 6) is 0.899. The van der Waals surface area contributed by atoms with Crippen molar-refractivity contribution in [2.75, 3.05) is 19.6 Å². The van der Waals surface area contributed by atoms with Crippen LogP contribution in [0.25, 0.3) is 0 Å². The highest BCUT2D eigenvalue weighted by atomic mass is 15.2. The number of nitrogens with zero attached hydrogens (tertiary/aromatic N) is 1. The zero-order valence-corrected chi connectivity index (χ0v) is 11.9. The lowest BCUT2D eigenvalue weighted by Gasteiger charge is -2.49. The first-order chi connectivity index (χ1) is 9.31. The molecule has 2 heteroatoms. The molecule has 0 aliphatic carbocycles. The third-order valence-corrected chi connectivity index (χ3v) is 5.44. The second-order valence-electron chi connectivity index (χ2n) is 6.66. The van der Waals surface area contributed by atoms with E-state index >= 15 is 0 Å². The summed E-state index contributed by atoms with van der Waals surface area (Å²) in [5.41, 5.74) is 4.64. The van der Waals surface area contributed by atoms with Crippen LogP contribution in [0.1, 0.15) is 42.0 Å². The van der Waals surface area contributed by atoms with E-state index in [1.165, 1.54) is 50.9 Å². The fraction of sp³-hybridized carbons (Fsp3) is 0.647. The highest BCUT2D eigenvalue weighted by Gasteiger charge is 2.39. The Morgan fingerprint density at radius 3 is 3.21 bits per heavy atom. The smallest absolute Gasteiger partial charge is 0.0366 e. The standard InChI is InChI=1S/C17H24N2/c1-12-4-5-13-6-8-19-11-14-3-2-7-18-16(14)10-17(19)15(13)9-12/h4-5,9,14,16-18H,2-3,6-8,10-11H2,1H3/t14-,16+,17+/m0/s1. The van der Waals surface area contributed by atoms with Crippen LogP contribution in [0.15, 0.2) is 18.2 Å². The van der Waals surface area contributed by atoms with E-state index in [1.54, 1.807) is 11.1 Å². The van der Waals surface area contributed by atoms with E-state index in [1.807, 2.05) is 0 Å². The summed E-state index contributed by atoms with van der Waals surface area (Å²) in [4.78, 5) is 2.76. The van der Waals surface area contributed by atoms with Crippen LogP contribution in [-0.2, 0) is 6.42 Å². The molecule has 0 unspecified atom stereocenters. The average molecular weight is 256 g/mol. The van der Waals surface area contributed by atoms with Gasteiger partial charge < -0.3 is 5.32 Å². The van der Waals surface area contributed by atoms with Crippen LogP contribution >= 0.6 is 0 Å². The van der Waals surface area contributed by atoms with Crippen molar-refractivity contribution in [3.05, 3.63) is 34.9 Å². The van der Waals surface area contributed by atoms with Gasteiger partial charge in [0.15, 0.2) is 0 Å². The minimum absolute atomic E-state index is 0.676. The fourth-order valence-electron chi connectivity index (χ4n) is 4.42. The number of rotatable bonds is 0. The molecule has 0 spiro atoms. The molecule has 3 atom stereocenters. The maximum atomic E-state index is 3.77. The molecule has 2 fully saturated rings. The van der Waals surface area contributed by atoms with E-state index in [9.17, 15) is 0 Å². The Morgan fingerprint density at radius 1 is 1.32 bits per heavy atom. The molecule has 1 aromatic carbocycles. The van der Waals surface area contributed by atoms with Gasteiger partial charge in [0.05, 0.1) is 0 Å². The van der Waals surface area contributed by atoms with Crippen molar-refractivity contribution >= 4 is 0 Å². The zero-order chi connectivity index (χ0) is 12.8. The topological polar surface area (TPSA) is 15.3 Å². The number of benzene rings is 1. The molecule has 3 heterocycles. The molecule has 4 rings (SSSR count). The Morgan fingerprint density at radius 2 is 2.26 bits per heavy atom. The number of fused-ring (bicyclic) bond motifs is 4. The summed E-state index contributed by atoms with van der Waals surface area (Å²) in [6.45, 7) is 6.04. The minimum Gasteiger partial charge on any atom is -0.314 e. The van der Waals surface area contributed by atoms with Gasteiger partial charge in [0, 0.05) is 25.2 Å². The number of hydrogen-bond donors (Lipinski definition) is 1. The number of nitrogens with one attached hydrogen (secondary N) is 1. The van der Waals surface area contributed by atoms with Crippen LogP contribution in [0, 0.1) is 12.8 Å². The summed E-state index contributed by atoms with van der Waals surface area (Å²) >= 11 is 0. The first kappa shape index (κ1) is 11.9. The molecule has 1 N–H and O–H groups in total. The Hall–Kier alpha value is -0.860. The first-order valence-corrected chi connectivity index (χ1v) is 7.88. The SMILES string of the molecule is Cc1ccc2c(c1)[C@H]1C[C@H]3NCCC[C@H]3CN1CC2. The van der Waals surface area contributed by atoms with Gasteiger partial charge >= 0.3 is 0 Å². The molecule has 0 radical (unpaired) electrons. The van der Waals surface area contributed by atoms with Gasteiger partial charge in [-0.05, 0) is 56.2 Å². The monoisotopic (exact) mass is 256 g/mol. The lowest BCUT2D eigenvalue weighted by atomic mass is 9.77. The minimum atomic E-state index is 0.676. The van der Waals surface area contributed by atoms with Crippen LogP contribution in [-0.4, -0.2) is 30.6 Å². The van der Waals surface area contributed by atoms with E-state index in [4.69, 9.17) is 0 Å². The normalized spacial score (nSPS) is 34.3. The summed E-state index contributed by atoms with van der Waals surface area (Å²) < 4.78 is 0. The predicted octanol–water partition coefficient (Wildman–Crippen LogP) is 2.67. The third kappa shape index (κ3) is 2.02. The Labute approximate surface area is 116 Å². The molecule has 102 valence electrons. The molecule has 2 saturated heterocycles. The van der Waals surface area contributed by atoms with Gasteiger partial charge in [0.1, 0.15) is 0 Å². The van der Waals surface area contributed by atoms with Crippen LogP contribution in [0.5, 0.6) is 0 Å². The van der Waals surface area contributed by atoms with E-state index in [0.717, 1.165) is 12.0 Å². The van der Waals surface area contributed by atoms with Crippen LogP contribution in [0.2, 0.25) is 0 Å². The van der Waals surface area contributed by atoms with Gasteiger partial charge in [-0.2, -0.15) is 0 Å². The third-order valence-electron chi connectivity index (χ3n) is 5.44. The second kappa shape index (κ2) is 4.60. The molecule has 0 saturated carbocycles. The summed E-state index contributed by atoms with van der Waals surface area (Å²) in [5, 5.41) is 3.77. The Kier molecular flexibility index (Phi) is 2.89. The van der Waals surface area contributed by atoms with E-state index in [2.05, 4.69) is 35.3 Å². The van der Waals surface area contributed by atoms with Gasteiger partial charge in [-0.25, -0.2) is 0 Å². The molecule has 0 aromatic heterocycles. The van der Waals surface area contributed by atoms with Crippen molar-refractivity contribution in [3.63, 3.8) is 0 Å². The lowest BCUT2D eigenvalue weighted by Crippen LogP contribution is -2.54. The van der Waals surface area contributed by atoms with E-state index < -0.39 is 0 Å². The summed E-state index contributed by atoms with van der Waals surface area (Å²) in [6.07, 6.45) is 5.37.